The zero-order valence-corrected chi connectivity index (χ0v) is 17.3. The van der Waals surface area contributed by atoms with Gasteiger partial charge in [-0.3, -0.25) is 0 Å². The van der Waals surface area contributed by atoms with Gasteiger partial charge in [0.2, 0.25) is 6.23 Å². The molecule has 0 saturated heterocycles. The van der Waals surface area contributed by atoms with Crippen molar-refractivity contribution in [2.75, 3.05) is 6.61 Å². The molecule has 148 valence electrons. The average molecular weight is 427 g/mol. The number of aromatic hydroxyl groups is 1. The van der Waals surface area contributed by atoms with Crippen molar-refractivity contribution in [2.24, 2.45) is 5.10 Å². The Labute approximate surface area is 177 Å². The van der Waals surface area contributed by atoms with Crippen LogP contribution in [0.4, 0.5) is 0 Å². The first-order chi connectivity index (χ1) is 14.2. The second-order valence-corrected chi connectivity index (χ2v) is 8.16. The topological polar surface area (TPSA) is 54.3 Å². The second kappa shape index (κ2) is 7.28. The molecule has 1 N–H and O–H groups in total. The van der Waals surface area contributed by atoms with E-state index in [1.807, 2.05) is 35.5 Å². The molecule has 0 radical (unpaired) electrons. The van der Waals surface area contributed by atoms with Gasteiger partial charge in [-0.1, -0.05) is 23.7 Å². The van der Waals surface area contributed by atoms with E-state index in [1.165, 1.54) is 0 Å². The number of phenols is 1. The molecule has 3 heterocycles. The highest BCUT2D eigenvalue weighted by Gasteiger charge is 2.42. The minimum Gasteiger partial charge on any atom is -0.507 e. The predicted octanol–water partition coefficient (Wildman–Crippen LogP) is 5.75. The Hall–Kier alpha value is -2.70. The van der Waals surface area contributed by atoms with Crippen molar-refractivity contribution in [3.8, 4) is 17.2 Å². The van der Waals surface area contributed by atoms with Gasteiger partial charge in [0.1, 0.15) is 5.75 Å². The third-order valence-corrected chi connectivity index (χ3v) is 6.11. The van der Waals surface area contributed by atoms with Gasteiger partial charge in [0, 0.05) is 28.1 Å². The van der Waals surface area contributed by atoms with Gasteiger partial charge in [-0.15, -0.1) is 0 Å². The number of halogens is 1. The predicted molar refractivity (Wildman–Crippen MR) is 114 cm³/mol. The number of phenolic OH excluding ortho intramolecular Hbond substituents is 1. The van der Waals surface area contributed by atoms with E-state index in [1.54, 1.807) is 29.5 Å². The van der Waals surface area contributed by atoms with Crippen LogP contribution in [0.15, 0.2) is 58.3 Å². The van der Waals surface area contributed by atoms with Gasteiger partial charge in [0.25, 0.3) is 0 Å². The van der Waals surface area contributed by atoms with Crippen molar-refractivity contribution < 1.29 is 14.6 Å². The van der Waals surface area contributed by atoms with Gasteiger partial charge < -0.3 is 14.6 Å². The van der Waals surface area contributed by atoms with Crippen molar-refractivity contribution in [1.82, 2.24) is 5.01 Å². The molecule has 2 aliphatic heterocycles. The molecule has 7 heteroatoms. The SMILES string of the molecule is CCOc1cccc2c1O[C@@H](c1ccsc1)N1N=C(c3cc(Cl)ccc3O)C[C@@H]21. The molecule has 3 aromatic rings. The van der Waals surface area contributed by atoms with E-state index in [4.69, 9.17) is 26.2 Å². The van der Waals surface area contributed by atoms with Crippen LogP contribution in [0.25, 0.3) is 0 Å². The first kappa shape index (κ1) is 18.3. The molecule has 0 saturated carbocycles. The fraction of sp³-hybridized carbons (Fsp3) is 0.227. The standard InChI is InChI=1S/C22H19ClN2O3S/c1-2-27-20-5-3-4-15-18-11-17(16-10-14(23)6-7-19(16)26)24-25(18)22(28-21(15)20)13-8-9-29-12-13/h3-10,12,18,22,26H,2,11H2,1H3/t18-,22-/m0/s1. The molecule has 2 aliphatic rings. The highest BCUT2D eigenvalue weighted by Crippen LogP contribution is 2.51. The molecule has 5 nitrogen and oxygen atoms in total. The molecule has 0 amide bonds. The van der Waals surface area contributed by atoms with Crippen molar-refractivity contribution in [3.63, 3.8) is 0 Å². The lowest BCUT2D eigenvalue weighted by Gasteiger charge is -2.38. The van der Waals surface area contributed by atoms with Crippen molar-refractivity contribution in [1.29, 1.82) is 0 Å². The van der Waals surface area contributed by atoms with Gasteiger partial charge in [-0.2, -0.15) is 16.4 Å². The van der Waals surface area contributed by atoms with E-state index in [0.29, 0.717) is 23.6 Å². The van der Waals surface area contributed by atoms with Crippen LogP contribution in [0, 0.1) is 0 Å². The van der Waals surface area contributed by atoms with E-state index in [2.05, 4.69) is 11.4 Å². The maximum absolute atomic E-state index is 10.4. The van der Waals surface area contributed by atoms with Crippen LogP contribution >= 0.6 is 22.9 Å². The van der Waals surface area contributed by atoms with E-state index < -0.39 is 0 Å². The lowest BCUT2D eigenvalue weighted by atomic mass is 9.95. The van der Waals surface area contributed by atoms with Crippen LogP contribution in [0.1, 0.15) is 42.3 Å². The van der Waals surface area contributed by atoms with Gasteiger partial charge in [0.05, 0.1) is 18.4 Å². The lowest BCUT2D eigenvalue weighted by Crippen LogP contribution is -2.33. The number of nitrogens with zero attached hydrogens (tertiary/aromatic N) is 2. The minimum absolute atomic E-state index is 0.0163. The molecular formula is C22H19ClN2O3S. The first-order valence-corrected chi connectivity index (χ1v) is 10.8. The van der Waals surface area contributed by atoms with Crippen LogP contribution in [0.2, 0.25) is 5.02 Å². The largest absolute Gasteiger partial charge is 0.507 e. The zero-order valence-electron chi connectivity index (χ0n) is 15.7. The van der Waals surface area contributed by atoms with Crippen LogP contribution in [0.3, 0.4) is 0 Å². The van der Waals surface area contributed by atoms with Crippen molar-refractivity contribution in [3.05, 3.63) is 74.9 Å². The Morgan fingerprint density at radius 1 is 1.31 bits per heavy atom. The van der Waals surface area contributed by atoms with E-state index in [-0.39, 0.29) is 18.0 Å². The maximum atomic E-state index is 10.4. The summed E-state index contributed by atoms with van der Waals surface area (Å²) in [5, 5.41) is 21.9. The molecular weight excluding hydrogens is 408 g/mol. The van der Waals surface area contributed by atoms with E-state index >= 15 is 0 Å². The highest BCUT2D eigenvalue weighted by molar-refractivity contribution is 7.07. The third-order valence-electron chi connectivity index (χ3n) is 5.18. The summed E-state index contributed by atoms with van der Waals surface area (Å²) in [7, 11) is 0. The molecule has 2 atom stereocenters. The van der Waals surface area contributed by atoms with Gasteiger partial charge in [-0.25, -0.2) is 5.01 Å². The lowest BCUT2D eigenvalue weighted by molar-refractivity contribution is -0.0209. The summed E-state index contributed by atoms with van der Waals surface area (Å²) >= 11 is 7.80. The number of rotatable bonds is 4. The Balaban J connectivity index is 1.62. The molecule has 0 bridgehead atoms. The summed E-state index contributed by atoms with van der Waals surface area (Å²) < 4.78 is 12.3. The monoisotopic (exact) mass is 426 g/mol. The second-order valence-electron chi connectivity index (χ2n) is 6.94. The van der Waals surface area contributed by atoms with E-state index in [9.17, 15) is 5.11 Å². The fourth-order valence-corrected chi connectivity index (χ4v) is 4.73. The Kier molecular flexibility index (Phi) is 4.60. The summed E-state index contributed by atoms with van der Waals surface area (Å²) in [5.41, 5.74) is 3.51. The number of hydrogen-bond donors (Lipinski definition) is 1. The molecule has 0 fully saturated rings. The summed E-state index contributed by atoms with van der Waals surface area (Å²) in [6.45, 7) is 2.53. The Morgan fingerprint density at radius 2 is 2.21 bits per heavy atom. The quantitative estimate of drug-likeness (QED) is 0.577. The first-order valence-electron chi connectivity index (χ1n) is 9.45. The van der Waals surface area contributed by atoms with Crippen LogP contribution in [-0.2, 0) is 0 Å². The van der Waals surface area contributed by atoms with E-state index in [0.717, 1.165) is 28.3 Å². The number of benzene rings is 2. The smallest absolute Gasteiger partial charge is 0.214 e. The fourth-order valence-electron chi connectivity index (χ4n) is 3.89. The number of para-hydroxylation sites is 1. The molecule has 29 heavy (non-hydrogen) atoms. The van der Waals surface area contributed by atoms with Gasteiger partial charge in [-0.05, 0) is 48.0 Å². The summed E-state index contributed by atoms with van der Waals surface area (Å²) in [6, 6.07) is 13.0. The number of fused-ring (bicyclic) bond motifs is 3. The molecule has 5 rings (SSSR count). The number of thiophene rings is 1. The average Bonchev–Trinajstić information content (AvgIpc) is 3.40. The van der Waals surface area contributed by atoms with Crippen LogP contribution < -0.4 is 9.47 Å². The third kappa shape index (κ3) is 3.12. The van der Waals surface area contributed by atoms with Crippen molar-refractivity contribution in [2.45, 2.75) is 25.6 Å². The molecule has 1 aromatic heterocycles. The van der Waals surface area contributed by atoms with Crippen LogP contribution in [0.5, 0.6) is 17.2 Å². The maximum Gasteiger partial charge on any atom is 0.214 e. The van der Waals surface area contributed by atoms with Gasteiger partial charge >= 0.3 is 0 Å². The highest BCUT2D eigenvalue weighted by atomic mass is 35.5. The summed E-state index contributed by atoms with van der Waals surface area (Å²) in [6.07, 6.45) is 0.277. The zero-order chi connectivity index (χ0) is 20.0. The molecule has 0 unspecified atom stereocenters. The van der Waals surface area contributed by atoms with Crippen LogP contribution in [-0.4, -0.2) is 22.4 Å². The Bertz CT molecular complexity index is 1080. The number of hydrogen-bond acceptors (Lipinski definition) is 6. The number of hydrazone groups is 1. The normalized spacial score (nSPS) is 19.9. The van der Waals surface area contributed by atoms with Crippen molar-refractivity contribution >= 4 is 28.6 Å². The minimum atomic E-state index is -0.362. The summed E-state index contributed by atoms with van der Waals surface area (Å²) in [5.74, 6) is 1.67. The summed E-state index contributed by atoms with van der Waals surface area (Å²) in [4.78, 5) is 0. The molecule has 0 spiro atoms. The molecule has 0 aliphatic carbocycles. The number of ether oxygens (including phenoxy) is 2. The Morgan fingerprint density at radius 3 is 3.00 bits per heavy atom. The molecule has 2 aromatic carbocycles. The van der Waals surface area contributed by atoms with Gasteiger partial charge in [0.15, 0.2) is 11.5 Å².